The molecule has 6 atom stereocenters. The van der Waals surface area contributed by atoms with Crippen LogP contribution in [0.5, 0.6) is 0 Å². The van der Waals surface area contributed by atoms with Gasteiger partial charge in [0.15, 0.2) is 6.29 Å². The molecule has 0 spiro atoms. The molecule has 67 heavy (non-hydrogen) atoms. The summed E-state index contributed by atoms with van der Waals surface area (Å²) in [6, 6.07) is -2.39. The number of aliphatic hydroxyl groups is 4. The van der Waals surface area contributed by atoms with Gasteiger partial charge in [0, 0.05) is 19.4 Å². The van der Waals surface area contributed by atoms with Gasteiger partial charge >= 0.3 is 0 Å². The third kappa shape index (κ3) is 34.1. The molecule has 3 amide bonds. The Morgan fingerprint density at radius 2 is 0.881 bits per heavy atom. The van der Waals surface area contributed by atoms with E-state index in [4.69, 9.17) is 4.74 Å². The van der Waals surface area contributed by atoms with Crippen LogP contribution in [0.4, 0.5) is 0 Å². The van der Waals surface area contributed by atoms with Crippen LogP contribution in [0, 0.1) is 0 Å². The van der Waals surface area contributed by atoms with Crippen molar-refractivity contribution in [1.82, 2.24) is 16.0 Å². The number of rotatable bonds is 37. The molecular weight excluding hydrogens is 843 g/mol. The standard InChI is InChI=1S/C56H85N3O8/c1-3-5-7-9-11-13-15-17-19-21-23-25-27-29-31-33-35-37-39-44-50(61)57-46-42-41-43-48(55(65)59-52-54(64)53(63)49(47-60)67-56(52)66)58-51(62)45-40-38-36-34-32-30-28-26-24-22-20-18-16-14-12-10-8-6-4-2/h5-8,11-14,17-20,23-26,29-32,35-38,48-49,52-54,56,60,63-64,66H,3-4,9-10,15-16,21-22,27-28,33-34,39-47H2,1-2H3,(H,57,61)(H,58,62)(H,59,65)/b7-5-,8-6-,13-11-,14-12-,19-17-,20-18-,25-23-,26-24-,31-29-,32-30-,37-35-,38-36-/t48-,49?,52-,53+,54?,56+/m0/s1. The summed E-state index contributed by atoms with van der Waals surface area (Å²) in [4.78, 5) is 38.8. The van der Waals surface area contributed by atoms with Gasteiger partial charge in [-0.25, -0.2) is 0 Å². The molecule has 0 aromatic rings. The fraction of sp³-hybridized carbons (Fsp3) is 0.518. The highest BCUT2D eigenvalue weighted by Crippen LogP contribution is 2.20. The van der Waals surface area contributed by atoms with Gasteiger partial charge in [0.05, 0.1) is 6.61 Å². The van der Waals surface area contributed by atoms with Crippen molar-refractivity contribution >= 4 is 17.7 Å². The molecule has 0 bridgehead atoms. The Labute approximate surface area is 403 Å². The lowest BCUT2D eigenvalue weighted by Gasteiger charge is -2.40. The van der Waals surface area contributed by atoms with Crippen LogP contribution in [-0.4, -0.2) is 88.0 Å². The van der Waals surface area contributed by atoms with Crippen molar-refractivity contribution < 1.29 is 39.5 Å². The van der Waals surface area contributed by atoms with Gasteiger partial charge in [0.25, 0.3) is 0 Å². The quantitative estimate of drug-likeness (QED) is 0.0238. The minimum absolute atomic E-state index is 0.0726. The van der Waals surface area contributed by atoms with Gasteiger partial charge in [0.2, 0.25) is 17.7 Å². The van der Waals surface area contributed by atoms with E-state index < -0.39 is 49.2 Å². The molecule has 372 valence electrons. The normalized spacial score (nSPS) is 20.2. The van der Waals surface area contributed by atoms with Gasteiger partial charge in [-0.05, 0) is 109 Å². The zero-order chi connectivity index (χ0) is 48.8. The molecule has 0 aliphatic carbocycles. The van der Waals surface area contributed by atoms with Crippen LogP contribution in [0.2, 0.25) is 0 Å². The molecule has 2 unspecified atom stereocenters. The van der Waals surface area contributed by atoms with Gasteiger partial charge in [0.1, 0.15) is 30.4 Å². The van der Waals surface area contributed by atoms with Gasteiger partial charge in [-0.1, -0.05) is 160 Å². The van der Waals surface area contributed by atoms with E-state index in [0.717, 1.165) is 77.0 Å². The molecule has 0 radical (unpaired) electrons. The SMILES string of the molecule is CC/C=C\C/C=C\C/C=C\C/C=C\C/C=C\C/C=C\CCC(=O)NCCCC[C@H](NC(=O)CC/C=C\C/C=C\C/C=C\C/C=C\C/C=C\C/C=C\CC)C(=O)N[C@H]1C(O)[C@H](O)C(CO)O[C@H]1O. The van der Waals surface area contributed by atoms with Crippen LogP contribution in [0.1, 0.15) is 136 Å². The Morgan fingerprint density at radius 3 is 1.27 bits per heavy atom. The number of aliphatic hydroxyl groups excluding tert-OH is 4. The molecule has 7 N–H and O–H groups in total. The first kappa shape index (κ1) is 60.1. The van der Waals surface area contributed by atoms with Crippen LogP contribution in [0.3, 0.4) is 0 Å². The van der Waals surface area contributed by atoms with E-state index in [2.05, 4.69) is 151 Å². The fourth-order valence-corrected chi connectivity index (χ4v) is 6.55. The lowest BCUT2D eigenvalue weighted by atomic mass is 9.96. The number of unbranched alkanes of at least 4 members (excludes halogenated alkanes) is 1. The first-order valence-electron chi connectivity index (χ1n) is 24.7. The summed E-state index contributed by atoms with van der Waals surface area (Å²) in [6.45, 7) is 4.03. The maximum atomic E-state index is 13.4. The number of nitrogens with one attached hydrogen (secondary N) is 3. The van der Waals surface area contributed by atoms with E-state index >= 15 is 0 Å². The van der Waals surface area contributed by atoms with Crippen LogP contribution < -0.4 is 16.0 Å². The van der Waals surface area contributed by atoms with Crippen LogP contribution in [-0.2, 0) is 19.1 Å². The van der Waals surface area contributed by atoms with Crippen molar-refractivity contribution in [2.24, 2.45) is 0 Å². The van der Waals surface area contributed by atoms with E-state index in [1.807, 2.05) is 24.3 Å². The van der Waals surface area contributed by atoms with Crippen molar-refractivity contribution in [2.75, 3.05) is 13.2 Å². The Kier molecular flexibility index (Phi) is 39.2. The number of amides is 3. The first-order chi connectivity index (χ1) is 32.7. The van der Waals surface area contributed by atoms with Crippen molar-refractivity contribution in [3.63, 3.8) is 0 Å². The summed E-state index contributed by atoms with van der Waals surface area (Å²) in [5.41, 5.74) is 0. The molecule has 0 saturated carbocycles. The number of carbonyl (C=O) groups is 3. The third-order valence-corrected chi connectivity index (χ3v) is 10.4. The van der Waals surface area contributed by atoms with Gasteiger partial charge in [-0.3, -0.25) is 14.4 Å². The van der Waals surface area contributed by atoms with Crippen LogP contribution >= 0.6 is 0 Å². The molecule has 1 aliphatic rings. The zero-order valence-electron chi connectivity index (χ0n) is 40.6. The maximum Gasteiger partial charge on any atom is 0.243 e. The van der Waals surface area contributed by atoms with E-state index in [1.54, 1.807) is 0 Å². The predicted molar refractivity (Wildman–Crippen MR) is 276 cm³/mol. The lowest BCUT2D eigenvalue weighted by molar-refractivity contribution is -0.254. The first-order valence-corrected chi connectivity index (χ1v) is 24.7. The average Bonchev–Trinajstić information content (AvgIpc) is 3.32. The second-order valence-corrected chi connectivity index (χ2v) is 16.1. The van der Waals surface area contributed by atoms with Crippen molar-refractivity contribution in [3.05, 3.63) is 146 Å². The summed E-state index contributed by atoms with van der Waals surface area (Å²) in [5, 5.41) is 48.9. The lowest BCUT2D eigenvalue weighted by Crippen LogP contribution is -2.65. The maximum absolute atomic E-state index is 13.4. The molecule has 1 rings (SSSR count). The van der Waals surface area contributed by atoms with Crippen molar-refractivity contribution in [2.45, 2.75) is 173 Å². The number of hydrogen-bond donors (Lipinski definition) is 7. The molecule has 0 aromatic carbocycles. The number of allylic oxidation sites excluding steroid dienone is 24. The van der Waals surface area contributed by atoms with Crippen LogP contribution in [0.15, 0.2) is 146 Å². The smallest absolute Gasteiger partial charge is 0.243 e. The minimum Gasteiger partial charge on any atom is -0.394 e. The molecule has 1 fully saturated rings. The summed E-state index contributed by atoms with van der Waals surface area (Å²) < 4.78 is 5.19. The second kappa shape index (κ2) is 43.6. The molecule has 1 aliphatic heterocycles. The monoisotopic (exact) mass is 928 g/mol. The molecule has 1 heterocycles. The Morgan fingerprint density at radius 1 is 0.507 bits per heavy atom. The molecule has 1 saturated heterocycles. The second-order valence-electron chi connectivity index (χ2n) is 16.1. The summed E-state index contributed by atoms with van der Waals surface area (Å²) in [7, 11) is 0. The summed E-state index contributed by atoms with van der Waals surface area (Å²) in [6.07, 6.45) is 59.1. The van der Waals surface area contributed by atoms with Crippen LogP contribution in [0.25, 0.3) is 0 Å². The van der Waals surface area contributed by atoms with Crippen molar-refractivity contribution in [1.29, 1.82) is 0 Å². The summed E-state index contributed by atoms with van der Waals surface area (Å²) in [5.74, 6) is -1.08. The highest BCUT2D eigenvalue weighted by atomic mass is 16.6. The summed E-state index contributed by atoms with van der Waals surface area (Å²) >= 11 is 0. The molecule has 0 aromatic heterocycles. The Hall–Kier alpha value is -4.91. The Bertz CT molecular complexity index is 1670. The van der Waals surface area contributed by atoms with Gasteiger partial charge < -0.3 is 41.1 Å². The molecular formula is C56H85N3O8. The van der Waals surface area contributed by atoms with Gasteiger partial charge in [-0.15, -0.1) is 0 Å². The number of hydrogen-bond acceptors (Lipinski definition) is 8. The number of ether oxygens (including phenoxy) is 1. The zero-order valence-corrected chi connectivity index (χ0v) is 40.6. The molecule has 11 nitrogen and oxygen atoms in total. The fourth-order valence-electron chi connectivity index (χ4n) is 6.55. The highest BCUT2D eigenvalue weighted by molar-refractivity contribution is 5.87. The third-order valence-electron chi connectivity index (χ3n) is 10.4. The molecule has 11 heteroatoms. The minimum atomic E-state index is -1.69. The van der Waals surface area contributed by atoms with E-state index in [9.17, 15) is 34.8 Å². The van der Waals surface area contributed by atoms with E-state index in [1.165, 1.54) is 0 Å². The predicted octanol–water partition coefficient (Wildman–Crippen LogP) is 9.63. The van der Waals surface area contributed by atoms with E-state index in [0.29, 0.717) is 38.6 Å². The largest absolute Gasteiger partial charge is 0.394 e. The van der Waals surface area contributed by atoms with E-state index in [-0.39, 0.29) is 24.7 Å². The highest BCUT2D eigenvalue weighted by Gasteiger charge is 2.44. The Balaban J connectivity index is 2.45. The average molecular weight is 928 g/mol. The topological polar surface area (TPSA) is 177 Å². The van der Waals surface area contributed by atoms with Gasteiger partial charge in [-0.2, -0.15) is 0 Å². The number of carbonyl (C=O) groups excluding carboxylic acids is 3. The van der Waals surface area contributed by atoms with Crippen molar-refractivity contribution in [3.8, 4) is 0 Å².